The Kier molecular flexibility index (Phi) is 14.7. The van der Waals surface area contributed by atoms with Gasteiger partial charge in [-0.2, -0.15) is 0 Å². The summed E-state index contributed by atoms with van der Waals surface area (Å²) in [5, 5.41) is 34.1. The molecule has 0 aliphatic heterocycles. The molecule has 0 fully saturated rings. The molecule has 4 N–H and O–H groups in total. The van der Waals surface area contributed by atoms with Crippen molar-refractivity contribution >= 4 is 0 Å². The molecule has 0 radical (unpaired) electrons. The monoisotopic (exact) mass is 266 g/mol. The molecular formula is C12H30N2O4. The summed E-state index contributed by atoms with van der Waals surface area (Å²) in [5.41, 5.74) is 0. The van der Waals surface area contributed by atoms with E-state index in [0.717, 1.165) is 0 Å². The lowest BCUT2D eigenvalue weighted by Gasteiger charge is -2.20. The van der Waals surface area contributed by atoms with Gasteiger partial charge >= 0.3 is 0 Å². The van der Waals surface area contributed by atoms with Crippen molar-refractivity contribution < 1.29 is 20.4 Å². The number of hydrogen-bond acceptors (Lipinski definition) is 6. The lowest BCUT2D eigenvalue weighted by molar-refractivity contribution is 0.134. The smallest absolute Gasteiger partial charge is 0.0584 e. The van der Waals surface area contributed by atoms with Crippen LogP contribution in [0.2, 0.25) is 0 Å². The van der Waals surface area contributed by atoms with E-state index < -0.39 is 0 Å². The Balaban J connectivity index is 0. The quantitative estimate of drug-likeness (QED) is 0.431. The summed E-state index contributed by atoms with van der Waals surface area (Å²) < 4.78 is 0. The van der Waals surface area contributed by atoms with E-state index >= 15 is 0 Å². The van der Waals surface area contributed by atoms with Crippen LogP contribution in [0, 0.1) is 0 Å². The van der Waals surface area contributed by atoms with Crippen molar-refractivity contribution in [2.75, 3.05) is 53.6 Å². The van der Waals surface area contributed by atoms with Crippen LogP contribution in [0.3, 0.4) is 0 Å². The highest BCUT2D eigenvalue weighted by molar-refractivity contribution is 4.60. The Hall–Kier alpha value is -0.240. The summed E-state index contributed by atoms with van der Waals surface area (Å²) in [7, 11) is 3.74. The topological polar surface area (TPSA) is 87.4 Å². The molecule has 0 saturated heterocycles. The molecule has 0 aromatic rings. The first-order chi connectivity index (χ1) is 8.44. The van der Waals surface area contributed by atoms with E-state index in [4.69, 9.17) is 20.4 Å². The molecule has 0 aromatic heterocycles. The van der Waals surface area contributed by atoms with Gasteiger partial charge in [0, 0.05) is 25.2 Å². The van der Waals surface area contributed by atoms with E-state index in [1.165, 1.54) is 0 Å². The second kappa shape index (κ2) is 13.2. The Labute approximate surface area is 110 Å². The lowest BCUT2D eigenvalue weighted by atomic mass is 10.3. The number of aliphatic hydroxyl groups is 4. The summed E-state index contributed by atoms with van der Waals surface area (Å²) in [6, 6.07) is 0.300. The fourth-order valence-electron chi connectivity index (χ4n) is 1.04. The van der Waals surface area contributed by atoms with Crippen molar-refractivity contribution in [3.8, 4) is 0 Å². The first-order valence-corrected chi connectivity index (χ1v) is 6.28. The summed E-state index contributed by atoms with van der Waals surface area (Å²) in [5.74, 6) is 0. The van der Waals surface area contributed by atoms with Crippen LogP contribution < -0.4 is 0 Å². The minimum absolute atomic E-state index is 0.149. The van der Waals surface area contributed by atoms with Gasteiger partial charge in [-0.1, -0.05) is 0 Å². The molecule has 2 unspecified atom stereocenters. The maximum atomic E-state index is 8.61. The average molecular weight is 266 g/mol. The van der Waals surface area contributed by atoms with Gasteiger partial charge in [0.2, 0.25) is 0 Å². The molecule has 0 bridgehead atoms. The summed E-state index contributed by atoms with van der Waals surface area (Å²) in [6.07, 6.45) is 0. The molecule has 6 heteroatoms. The van der Waals surface area contributed by atoms with E-state index in [2.05, 4.69) is 0 Å². The average Bonchev–Trinajstić information content (AvgIpc) is 2.38. The molecule has 0 heterocycles. The van der Waals surface area contributed by atoms with E-state index in [9.17, 15) is 0 Å². The Morgan fingerprint density at radius 1 is 0.722 bits per heavy atom. The summed E-state index contributed by atoms with van der Waals surface area (Å²) >= 11 is 0. The first-order valence-electron chi connectivity index (χ1n) is 6.28. The fraction of sp³-hybridized carbons (Fsp3) is 1.00. The van der Waals surface area contributed by atoms with Crippen LogP contribution in [0.25, 0.3) is 0 Å². The van der Waals surface area contributed by atoms with Gasteiger partial charge in [0.1, 0.15) is 0 Å². The highest BCUT2D eigenvalue weighted by Gasteiger charge is 2.05. The minimum atomic E-state index is 0.149. The second-order valence-corrected chi connectivity index (χ2v) is 4.47. The van der Waals surface area contributed by atoms with E-state index in [1.807, 2.05) is 37.7 Å². The van der Waals surface area contributed by atoms with Gasteiger partial charge in [-0.15, -0.1) is 0 Å². The zero-order valence-electron chi connectivity index (χ0n) is 12.1. The maximum Gasteiger partial charge on any atom is 0.0584 e. The molecule has 0 aliphatic rings. The van der Waals surface area contributed by atoms with Gasteiger partial charge < -0.3 is 20.4 Å². The van der Waals surface area contributed by atoms with Crippen LogP contribution in [0.5, 0.6) is 0 Å². The van der Waals surface area contributed by atoms with Gasteiger partial charge in [-0.3, -0.25) is 9.80 Å². The van der Waals surface area contributed by atoms with Crippen molar-refractivity contribution in [1.82, 2.24) is 9.80 Å². The number of hydrogen-bond donors (Lipinski definition) is 4. The summed E-state index contributed by atoms with van der Waals surface area (Å²) in [6.45, 7) is 5.68. The van der Waals surface area contributed by atoms with Crippen LogP contribution in [-0.4, -0.2) is 95.9 Å². The highest BCUT2D eigenvalue weighted by Crippen LogP contribution is 1.91. The predicted molar refractivity (Wildman–Crippen MR) is 72.5 cm³/mol. The molecule has 0 spiro atoms. The molecule has 0 aromatic carbocycles. The molecule has 0 saturated carbocycles. The third-order valence-corrected chi connectivity index (χ3v) is 2.94. The molecule has 112 valence electrons. The van der Waals surface area contributed by atoms with Gasteiger partial charge in [-0.05, 0) is 27.9 Å². The van der Waals surface area contributed by atoms with E-state index in [0.29, 0.717) is 13.1 Å². The van der Waals surface area contributed by atoms with E-state index in [-0.39, 0.29) is 38.5 Å². The lowest BCUT2D eigenvalue weighted by Crippen LogP contribution is -2.34. The first kappa shape index (κ1) is 20.1. The summed E-state index contributed by atoms with van der Waals surface area (Å²) in [4.78, 5) is 3.81. The van der Waals surface area contributed by atoms with Crippen molar-refractivity contribution in [1.29, 1.82) is 0 Å². The number of rotatable bonds is 8. The fourth-order valence-corrected chi connectivity index (χ4v) is 1.04. The number of nitrogens with zero attached hydrogens (tertiary/aromatic N) is 2. The van der Waals surface area contributed by atoms with Gasteiger partial charge in [0.05, 0.1) is 26.4 Å². The van der Waals surface area contributed by atoms with Gasteiger partial charge in [0.15, 0.2) is 0 Å². The van der Waals surface area contributed by atoms with Crippen LogP contribution >= 0.6 is 0 Å². The van der Waals surface area contributed by atoms with Crippen molar-refractivity contribution in [3.63, 3.8) is 0 Å². The second-order valence-electron chi connectivity index (χ2n) is 4.47. The highest BCUT2D eigenvalue weighted by atomic mass is 16.3. The zero-order chi connectivity index (χ0) is 14.6. The molecule has 0 rings (SSSR count). The number of likely N-dealkylation sites (N-methyl/N-ethyl adjacent to an activating group) is 2. The zero-order valence-corrected chi connectivity index (χ0v) is 12.1. The van der Waals surface area contributed by atoms with Crippen LogP contribution in [-0.2, 0) is 0 Å². The van der Waals surface area contributed by atoms with Crippen LogP contribution in [0.1, 0.15) is 13.8 Å². The number of aliphatic hydroxyl groups excluding tert-OH is 4. The standard InChI is InChI=1S/2C6H15NO2/c2*1-6(5-9)7(2)3-4-8/h2*6,8-9H,3-5H2,1-2H3. The van der Waals surface area contributed by atoms with Gasteiger partial charge in [0.25, 0.3) is 0 Å². The molecule has 2 atom stereocenters. The van der Waals surface area contributed by atoms with Crippen LogP contribution in [0.15, 0.2) is 0 Å². The largest absolute Gasteiger partial charge is 0.395 e. The Morgan fingerprint density at radius 2 is 1.00 bits per heavy atom. The molecule has 6 nitrogen and oxygen atoms in total. The molecule has 0 aliphatic carbocycles. The molecule has 18 heavy (non-hydrogen) atoms. The van der Waals surface area contributed by atoms with Crippen molar-refractivity contribution in [2.45, 2.75) is 25.9 Å². The third-order valence-electron chi connectivity index (χ3n) is 2.94. The maximum absolute atomic E-state index is 8.61. The molecular weight excluding hydrogens is 236 g/mol. The SMILES string of the molecule is CC(CO)N(C)CCO.CC(CO)N(C)CCO. The van der Waals surface area contributed by atoms with Crippen LogP contribution in [0.4, 0.5) is 0 Å². The van der Waals surface area contributed by atoms with Crippen molar-refractivity contribution in [2.24, 2.45) is 0 Å². The van der Waals surface area contributed by atoms with E-state index in [1.54, 1.807) is 0 Å². The third kappa shape index (κ3) is 10.9. The Bertz CT molecular complexity index is 154. The van der Waals surface area contributed by atoms with Crippen molar-refractivity contribution in [3.05, 3.63) is 0 Å². The Morgan fingerprint density at radius 3 is 1.17 bits per heavy atom. The minimum Gasteiger partial charge on any atom is -0.395 e. The predicted octanol–water partition coefficient (Wildman–Crippen LogP) is -1.42. The molecule has 0 amide bonds. The normalized spacial score (nSPS) is 14.3. The van der Waals surface area contributed by atoms with Gasteiger partial charge in [-0.25, -0.2) is 0 Å².